The summed E-state index contributed by atoms with van der Waals surface area (Å²) in [6, 6.07) is 12.3. The third kappa shape index (κ3) is 5.10. The van der Waals surface area contributed by atoms with Gasteiger partial charge in [0.25, 0.3) is 5.91 Å². The summed E-state index contributed by atoms with van der Waals surface area (Å²) in [5, 5.41) is 3.80. The van der Waals surface area contributed by atoms with Gasteiger partial charge in [-0.2, -0.15) is 0 Å². The summed E-state index contributed by atoms with van der Waals surface area (Å²) >= 11 is 11.4. The van der Waals surface area contributed by atoms with Crippen molar-refractivity contribution in [2.75, 3.05) is 18.4 Å². The van der Waals surface area contributed by atoms with Gasteiger partial charge in [-0.05, 0) is 67.5 Å². The number of hydrogen-bond donors (Lipinski definition) is 1. The van der Waals surface area contributed by atoms with Crippen LogP contribution in [0.3, 0.4) is 0 Å². The number of thiocarbonyl (C=S) groups is 1. The lowest BCUT2D eigenvalue weighted by Crippen LogP contribution is -2.39. The molecule has 0 saturated carbocycles. The maximum atomic E-state index is 13.0. The zero-order valence-corrected chi connectivity index (χ0v) is 17.5. The fourth-order valence-electron chi connectivity index (χ4n) is 3.26. The molecule has 0 bridgehead atoms. The predicted molar refractivity (Wildman–Crippen MR) is 115 cm³/mol. The lowest BCUT2D eigenvalue weighted by Gasteiger charge is -2.23. The van der Waals surface area contributed by atoms with Gasteiger partial charge < -0.3 is 10.2 Å². The average molecular weight is 434 g/mol. The Bertz CT molecular complexity index is 905. The lowest BCUT2D eigenvalue weighted by atomic mass is 10.1. The van der Waals surface area contributed by atoms with Gasteiger partial charge in [0, 0.05) is 23.8 Å². The molecule has 2 aromatic carbocycles. The third-order valence-corrected chi connectivity index (χ3v) is 5.49. The van der Waals surface area contributed by atoms with Crippen LogP contribution in [0.25, 0.3) is 0 Å². The molecule has 5 nitrogen and oxygen atoms in total. The minimum Gasteiger partial charge on any atom is -0.336 e. The topological polar surface area (TPSA) is 52.7 Å². The Kier molecular flexibility index (Phi) is 6.82. The van der Waals surface area contributed by atoms with E-state index in [1.807, 2.05) is 31.2 Å². The SMILES string of the molecule is CCN1C(=O)[C@H](CC(=O)Nc2ccc(F)cc2)N(CCc2ccc(Cl)cc2)C1=S. The van der Waals surface area contributed by atoms with Crippen molar-refractivity contribution < 1.29 is 14.0 Å². The minimum atomic E-state index is -0.657. The Balaban J connectivity index is 1.69. The Morgan fingerprint density at radius 3 is 2.45 bits per heavy atom. The van der Waals surface area contributed by atoms with Gasteiger partial charge in [-0.15, -0.1) is 0 Å². The van der Waals surface area contributed by atoms with Gasteiger partial charge in [-0.3, -0.25) is 14.5 Å². The van der Waals surface area contributed by atoms with Crippen LogP contribution in [0.4, 0.5) is 10.1 Å². The van der Waals surface area contributed by atoms with Crippen LogP contribution in [0.2, 0.25) is 5.02 Å². The van der Waals surface area contributed by atoms with E-state index in [9.17, 15) is 14.0 Å². The molecule has 0 aliphatic carbocycles. The first-order valence-electron chi connectivity index (χ1n) is 9.31. The Morgan fingerprint density at radius 2 is 1.83 bits per heavy atom. The van der Waals surface area contributed by atoms with E-state index in [0.29, 0.717) is 35.3 Å². The molecule has 1 fully saturated rings. The standard InChI is InChI=1S/C21H21ClFN3O2S/c1-2-25-20(28)18(13-19(27)24-17-9-7-16(23)8-10-17)26(21(25)29)12-11-14-3-5-15(22)6-4-14/h3-10,18H,2,11-13H2,1H3,(H,24,27)/t18-/m0/s1. The highest BCUT2D eigenvalue weighted by Crippen LogP contribution is 2.22. The second-order valence-electron chi connectivity index (χ2n) is 6.71. The van der Waals surface area contributed by atoms with E-state index in [0.717, 1.165) is 5.56 Å². The number of benzene rings is 2. The summed E-state index contributed by atoms with van der Waals surface area (Å²) in [7, 11) is 0. The first-order valence-corrected chi connectivity index (χ1v) is 10.1. The zero-order valence-electron chi connectivity index (χ0n) is 15.9. The quantitative estimate of drug-likeness (QED) is 0.673. The number of nitrogens with one attached hydrogen (secondary N) is 1. The highest BCUT2D eigenvalue weighted by molar-refractivity contribution is 7.80. The lowest BCUT2D eigenvalue weighted by molar-refractivity contribution is -0.130. The van der Waals surface area contributed by atoms with Gasteiger partial charge in [0.05, 0.1) is 6.42 Å². The number of likely N-dealkylation sites (N-methyl/N-ethyl adjacent to an activating group) is 1. The van der Waals surface area contributed by atoms with Crippen molar-refractivity contribution in [1.82, 2.24) is 9.80 Å². The van der Waals surface area contributed by atoms with Crippen molar-refractivity contribution >= 4 is 46.4 Å². The number of carbonyl (C=O) groups excluding carboxylic acids is 2. The molecule has 1 aliphatic heterocycles. The third-order valence-electron chi connectivity index (χ3n) is 4.78. The summed E-state index contributed by atoms with van der Waals surface area (Å²) in [4.78, 5) is 28.6. The molecule has 1 N–H and O–H groups in total. The molecule has 2 aromatic rings. The fourth-order valence-corrected chi connectivity index (χ4v) is 3.82. The minimum absolute atomic E-state index is 0.0343. The van der Waals surface area contributed by atoms with Gasteiger partial charge in [-0.1, -0.05) is 23.7 Å². The number of nitrogens with zero attached hydrogens (tertiary/aromatic N) is 2. The predicted octanol–water partition coefficient (Wildman–Crippen LogP) is 3.87. The molecule has 0 spiro atoms. The van der Waals surface area contributed by atoms with Crippen LogP contribution in [0.1, 0.15) is 18.9 Å². The summed E-state index contributed by atoms with van der Waals surface area (Å²) in [5.41, 5.74) is 1.54. The van der Waals surface area contributed by atoms with Crippen molar-refractivity contribution in [2.45, 2.75) is 25.8 Å². The number of carbonyl (C=O) groups is 2. The van der Waals surface area contributed by atoms with Gasteiger partial charge in [-0.25, -0.2) is 4.39 Å². The Hall–Kier alpha value is -2.51. The van der Waals surface area contributed by atoms with E-state index in [-0.39, 0.29) is 24.1 Å². The molecule has 1 heterocycles. The molecule has 1 saturated heterocycles. The van der Waals surface area contributed by atoms with Gasteiger partial charge >= 0.3 is 0 Å². The number of amides is 2. The van der Waals surface area contributed by atoms with Crippen LogP contribution >= 0.6 is 23.8 Å². The molecular weight excluding hydrogens is 413 g/mol. The maximum absolute atomic E-state index is 13.0. The molecule has 152 valence electrons. The highest BCUT2D eigenvalue weighted by Gasteiger charge is 2.42. The summed E-state index contributed by atoms with van der Waals surface area (Å²) in [6.45, 7) is 2.81. The monoisotopic (exact) mass is 433 g/mol. The van der Waals surface area contributed by atoms with Crippen molar-refractivity contribution in [3.8, 4) is 0 Å². The Labute approximate surface area is 179 Å². The van der Waals surface area contributed by atoms with Crippen LogP contribution in [0.5, 0.6) is 0 Å². The summed E-state index contributed by atoms with van der Waals surface area (Å²) in [6.07, 6.45) is 0.631. The normalized spacial score (nSPS) is 16.4. The maximum Gasteiger partial charge on any atom is 0.252 e. The van der Waals surface area contributed by atoms with E-state index < -0.39 is 6.04 Å². The first-order chi connectivity index (χ1) is 13.9. The van der Waals surface area contributed by atoms with E-state index in [1.165, 1.54) is 29.2 Å². The Morgan fingerprint density at radius 1 is 1.17 bits per heavy atom. The molecule has 8 heteroatoms. The number of anilines is 1. The number of rotatable bonds is 7. The van der Waals surface area contributed by atoms with E-state index >= 15 is 0 Å². The molecule has 2 amide bonds. The van der Waals surface area contributed by atoms with Crippen molar-refractivity contribution in [1.29, 1.82) is 0 Å². The van der Waals surface area contributed by atoms with Crippen LogP contribution in [-0.4, -0.2) is 45.9 Å². The molecule has 0 aromatic heterocycles. The largest absolute Gasteiger partial charge is 0.336 e. The zero-order chi connectivity index (χ0) is 21.0. The second kappa shape index (κ2) is 9.33. The summed E-state index contributed by atoms with van der Waals surface area (Å²) in [5.74, 6) is -0.888. The van der Waals surface area contributed by atoms with Crippen molar-refractivity contribution in [2.24, 2.45) is 0 Å². The molecular formula is C21H21ClFN3O2S. The summed E-state index contributed by atoms with van der Waals surface area (Å²) < 4.78 is 13.0. The van der Waals surface area contributed by atoms with Gasteiger partial charge in [0.2, 0.25) is 5.91 Å². The van der Waals surface area contributed by atoms with Crippen LogP contribution in [0, 0.1) is 5.82 Å². The molecule has 29 heavy (non-hydrogen) atoms. The molecule has 1 atom stereocenters. The van der Waals surface area contributed by atoms with E-state index in [4.69, 9.17) is 23.8 Å². The molecule has 3 rings (SSSR count). The number of halogens is 2. The van der Waals surface area contributed by atoms with Crippen LogP contribution < -0.4 is 5.32 Å². The van der Waals surface area contributed by atoms with Gasteiger partial charge in [0.15, 0.2) is 5.11 Å². The van der Waals surface area contributed by atoms with Crippen molar-refractivity contribution in [3.63, 3.8) is 0 Å². The van der Waals surface area contributed by atoms with E-state index in [1.54, 1.807) is 4.90 Å². The first kappa shape index (κ1) is 21.2. The van der Waals surface area contributed by atoms with Gasteiger partial charge in [0.1, 0.15) is 11.9 Å². The van der Waals surface area contributed by atoms with Crippen LogP contribution in [-0.2, 0) is 16.0 Å². The molecule has 0 unspecified atom stereocenters. The number of hydrogen-bond acceptors (Lipinski definition) is 3. The van der Waals surface area contributed by atoms with Crippen LogP contribution in [0.15, 0.2) is 48.5 Å². The van der Waals surface area contributed by atoms with Crippen molar-refractivity contribution in [3.05, 3.63) is 64.9 Å². The average Bonchev–Trinajstić information content (AvgIpc) is 2.92. The smallest absolute Gasteiger partial charge is 0.252 e. The highest BCUT2D eigenvalue weighted by atomic mass is 35.5. The van der Waals surface area contributed by atoms with E-state index in [2.05, 4.69) is 5.32 Å². The molecule has 0 radical (unpaired) electrons. The molecule has 1 aliphatic rings. The second-order valence-corrected chi connectivity index (χ2v) is 7.51. The fraction of sp³-hybridized carbons (Fsp3) is 0.286.